The number of rotatable bonds is 1. The van der Waals surface area contributed by atoms with Crippen molar-refractivity contribution in [2.45, 2.75) is 51.6 Å². The van der Waals surface area contributed by atoms with Gasteiger partial charge in [-0.25, -0.2) is 0 Å². The average Bonchev–Trinajstić information content (AvgIpc) is 2.83. The lowest BCUT2D eigenvalue weighted by atomic mass is 9.59. The Morgan fingerprint density at radius 2 is 2.19 bits per heavy atom. The predicted octanol–water partition coefficient (Wildman–Crippen LogP) is 3.91. The highest BCUT2D eigenvalue weighted by Crippen LogP contribution is 2.60. The van der Waals surface area contributed by atoms with E-state index in [2.05, 4.69) is 19.1 Å². The molecule has 2 nitrogen and oxygen atoms in total. The second-order valence-corrected chi connectivity index (χ2v) is 7.27. The van der Waals surface area contributed by atoms with Gasteiger partial charge in [-0.05, 0) is 84.6 Å². The number of phenols is 1. The molecule has 2 N–H and O–H groups in total. The van der Waals surface area contributed by atoms with E-state index in [0.717, 1.165) is 25.7 Å². The summed E-state index contributed by atoms with van der Waals surface area (Å²) in [4.78, 5) is 0. The molecular weight excluding hydrogens is 260 g/mol. The summed E-state index contributed by atoms with van der Waals surface area (Å²) in [6.45, 7) is 2.29. The second kappa shape index (κ2) is 4.61. The molecule has 3 aliphatic carbocycles. The minimum Gasteiger partial charge on any atom is -0.508 e. The number of aromatic hydroxyl groups is 1. The lowest BCUT2D eigenvalue weighted by Gasteiger charge is -2.45. The van der Waals surface area contributed by atoms with Gasteiger partial charge in [0, 0.05) is 0 Å². The molecule has 0 unspecified atom stereocenters. The molecule has 0 saturated heterocycles. The first-order valence-corrected chi connectivity index (χ1v) is 8.33. The summed E-state index contributed by atoms with van der Waals surface area (Å²) in [6, 6.07) is 5.83. The second-order valence-electron chi connectivity index (χ2n) is 7.27. The first kappa shape index (κ1) is 13.4. The van der Waals surface area contributed by atoms with Crippen molar-refractivity contribution in [3.05, 3.63) is 35.4 Å². The Morgan fingerprint density at radius 1 is 1.33 bits per heavy atom. The van der Waals surface area contributed by atoms with Crippen LogP contribution in [0.1, 0.15) is 50.2 Å². The molecule has 1 fully saturated rings. The lowest BCUT2D eigenvalue weighted by molar-refractivity contribution is 0.131. The summed E-state index contributed by atoms with van der Waals surface area (Å²) >= 11 is 0. The van der Waals surface area contributed by atoms with Crippen LogP contribution in [0.15, 0.2) is 24.3 Å². The van der Waals surface area contributed by atoms with E-state index >= 15 is 0 Å². The van der Waals surface area contributed by atoms with Gasteiger partial charge in [-0.3, -0.25) is 0 Å². The van der Waals surface area contributed by atoms with E-state index < -0.39 is 0 Å². The smallest absolute Gasteiger partial charge is 0.115 e. The number of aliphatic hydroxyl groups excluding tert-OH is 1. The molecule has 1 saturated carbocycles. The highest BCUT2D eigenvalue weighted by atomic mass is 16.3. The monoisotopic (exact) mass is 284 g/mol. The van der Waals surface area contributed by atoms with Crippen molar-refractivity contribution in [2.24, 2.45) is 17.3 Å². The zero-order chi connectivity index (χ0) is 14.6. The standard InChI is InChI=1S/C19H24O2/c1-2-19-8-7-16-15-6-4-13(20)9-12(15)3-5-17(16)18(19)10-14(21)11-19/h4,6-7,9,14,17-18,20-21H,2-3,5,8,10-11H2,1H3/t14-,17-,18+,19-/m1/s1. The summed E-state index contributed by atoms with van der Waals surface area (Å²) in [5.41, 5.74) is 4.46. The van der Waals surface area contributed by atoms with Crippen LogP contribution in [0.2, 0.25) is 0 Å². The molecule has 0 aliphatic heterocycles. The molecule has 112 valence electrons. The van der Waals surface area contributed by atoms with Crippen molar-refractivity contribution in [3.8, 4) is 5.75 Å². The van der Waals surface area contributed by atoms with Crippen LogP contribution in [-0.2, 0) is 6.42 Å². The maximum absolute atomic E-state index is 10.2. The van der Waals surface area contributed by atoms with Crippen LogP contribution >= 0.6 is 0 Å². The van der Waals surface area contributed by atoms with Crippen molar-refractivity contribution in [1.29, 1.82) is 0 Å². The van der Waals surface area contributed by atoms with Gasteiger partial charge in [-0.2, -0.15) is 0 Å². The molecule has 3 aliphatic rings. The summed E-state index contributed by atoms with van der Waals surface area (Å²) in [5.74, 6) is 1.62. The van der Waals surface area contributed by atoms with Gasteiger partial charge in [0.2, 0.25) is 0 Å². The number of allylic oxidation sites excluding steroid dienone is 2. The number of benzene rings is 1. The number of aliphatic hydroxyl groups is 1. The fourth-order valence-corrected chi connectivity index (χ4v) is 5.35. The van der Waals surface area contributed by atoms with Crippen molar-refractivity contribution in [3.63, 3.8) is 0 Å². The number of phenolic OH excluding ortho intramolecular Hbond substituents is 1. The Labute approximate surface area is 126 Å². The van der Waals surface area contributed by atoms with Gasteiger partial charge < -0.3 is 10.2 Å². The summed E-state index contributed by atoms with van der Waals surface area (Å²) in [5, 5.41) is 19.9. The Balaban J connectivity index is 1.77. The predicted molar refractivity (Wildman–Crippen MR) is 84.0 cm³/mol. The SMILES string of the molecule is CC[C@]12CC=C3c4ccc(O)cc4CC[C@H]3[C@@H]1C[C@@H](O)C2. The molecule has 2 heteroatoms. The molecule has 21 heavy (non-hydrogen) atoms. The van der Waals surface area contributed by atoms with Crippen molar-refractivity contribution in [2.75, 3.05) is 0 Å². The number of fused-ring (bicyclic) bond motifs is 5. The summed E-state index contributed by atoms with van der Waals surface area (Å²) in [6.07, 6.45) is 8.80. The van der Waals surface area contributed by atoms with Crippen molar-refractivity contribution < 1.29 is 10.2 Å². The zero-order valence-corrected chi connectivity index (χ0v) is 12.7. The maximum atomic E-state index is 10.2. The van der Waals surface area contributed by atoms with Gasteiger partial charge in [0.1, 0.15) is 5.75 Å². The Morgan fingerprint density at radius 3 is 3.00 bits per heavy atom. The highest BCUT2D eigenvalue weighted by molar-refractivity contribution is 5.73. The fraction of sp³-hybridized carbons (Fsp3) is 0.579. The largest absolute Gasteiger partial charge is 0.508 e. The van der Waals surface area contributed by atoms with E-state index in [4.69, 9.17) is 0 Å². The molecule has 0 spiro atoms. The molecule has 4 atom stereocenters. The van der Waals surface area contributed by atoms with Crippen LogP contribution in [0, 0.1) is 17.3 Å². The van der Waals surface area contributed by atoms with Crippen LogP contribution in [0.3, 0.4) is 0 Å². The van der Waals surface area contributed by atoms with E-state index in [9.17, 15) is 10.2 Å². The normalized spacial score (nSPS) is 37.4. The Bertz CT molecular complexity index is 604. The lowest BCUT2D eigenvalue weighted by Crippen LogP contribution is -2.36. The van der Waals surface area contributed by atoms with E-state index in [1.807, 2.05) is 12.1 Å². The van der Waals surface area contributed by atoms with Gasteiger partial charge in [0.15, 0.2) is 0 Å². The third kappa shape index (κ3) is 1.88. The molecule has 0 amide bonds. The Kier molecular flexibility index (Phi) is 2.94. The maximum Gasteiger partial charge on any atom is 0.115 e. The number of aryl methyl sites for hydroxylation is 1. The van der Waals surface area contributed by atoms with Gasteiger partial charge in [0.05, 0.1) is 6.10 Å². The molecule has 1 aromatic carbocycles. The third-order valence-corrected chi connectivity index (χ3v) is 6.40. The highest BCUT2D eigenvalue weighted by Gasteiger charge is 2.51. The van der Waals surface area contributed by atoms with E-state index in [-0.39, 0.29) is 6.10 Å². The quantitative estimate of drug-likeness (QED) is 0.821. The van der Waals surface area contributed by atoms with E-state index in [1.54, 1.807) is 0 Å². The topological polar surface area (TPSA) is 40.5 Å². The molecule has 0 radical (unpaired) electrons. The molecule has 1 aromatic rings. The van der Waals surface area contributed by atoms with Crippen LogP contribution in [0.4, 0.5) is 0 Å². The van der Waals surface area contributed by atoms with Crippen molar-refractivity contribution in [1.82, 2.24) is 0 Å². The minimum atomic E-state index is -0.107. The summed E-state index contributed by atoms with van der Waals surface area (Å²) in [7, 11) is 0. The molecule has 4 rings (SSSR count). The first-order valence-electron chi connectivity index (χ1n) is 8.33. The fourth-order valence-electron chi connectivity index (χ4n) is 5.35. The Hall–Kier alpha value is -1.28. The first-order chi connectivity index (χ1) is 10.1. The van der Waals surface area contributed by atoms with E-state index in [1.165, 1.54) is 29.5 Å². The van der Waals surface area contributed by atoms with E-state index in [0.29, 0.717) is 23.0 Å². The van der Waals surface area contributed by atoms with Gasteiger partial charge >= 0.3 is 0 Å². The third-order valence-electron chi connectivity index (χ3n) is 6.40. The van der Waals surface area contributed by atoms with Gasteiger partial charge in [-0.1, -0.05) is 19.1 Å². The van der Waals surface area contributed by atoms with Gasteiger partial charge in [-0.15, -0.1) is 0 Å². The zero-order valence-electron chi connectivity index (χ0n) is 12.7. The number of hydrogen-bond acceptors (Lipinski definition) is 2. The molecular formula is C19H24O2. The molecule has 0 heterocycles. The average molecular weight is 284 g/mol. The van der Waals surface area contributed by atoms with Crippen LogP contribution in [-0.4, -0.2) is 16.3 Å². The molecule has 0 bridgehead atoms. The molecule has 0 aromatic heterocycles. The van der Waals surface area contributed by atoms with Crippen LogP contribution < -0.4 is 0 Å². The van der Waals surface area contributed by atoms with Crippen LogP contribution in [0.5, 0.6) is 5.75 Å². The van der Waals surface area contributed by atoms with Crippen molar-refractivity contribution >= 4 is 5.57 Å². The van der Waals surface area contributed by atoms with Gasteiger partial charge in [0.25, 0.3) is 0 Å². The minimum absolute atomic E-state index is 0.107. The van der Waals surface area contributed by atoms with Crippen LogP contribution in [0.25, 0.3) is 5.57 Å². The summed E-state index contributed by atoms with van der Waals surface area (Å²) < 4.78 is 0. The number of hydrogen-bond donors (Lipinski definition) is 2.